The fourth-order valence-corrected chi connectivity index (χ4v) is 4.29. The maximum Gasteiger partial charge on any atom is 0.433 e. The summed E-state index contributed by atoms with van der Waals surface area (Å²) < 4.78 is 68.8. The van der Waals surface area contributed by atoms with Crippen LogP contribution in [0.1, 0.15) is 36.2 Å². The van der Waals surface area contributed by atoms with E-state index in [-0.39, 0.29) is 43.0 Å². The first-order chi connectivity index (χ1) is 16.9. The lowest BCUT2D eigenvalue weighted by Gasteiger charge is -2.38. The zero-order valence-electron chi connectivity index (χ0n) is 18.9. The lowest BCUT2D eigenvalue weighted by atomic mass is 10.0. The number of pyridine rings is 1. The molecule has 0 bridgehead atoms. The summed E-state index contributed by atoms with van der Waals surface area (Å²) in [6.07, 6.45) is -6.05. The third-order valence-electron chi connectivity index (χ3n) is 6.16. The molecule has 0 aliphatic carbocycles. The van der Waals surface area contributed by atoms with Crippen molar-refractivity contribution in [3.05, 3.63) is 41.5 Å². The molecule has 0 saturated carbocycles. The molecule has 1 saturated heterocycles. The number of piperidine rings is 1. The van der Waals surface area contributed by atoms with Crippen molar-refractivity contribution in [3.63, 3.8) is 0 Å². The van der Waals surface area contributed by atoms with E-state index in [1.54, 1.807) is 0 Å². The van der Waals surface area contributed by atoms with Crippen LogP contribution in [0.15, 0.2) is 24.5 Å². The molecular weight excluding hydrogens is 491 g/mol. The van der Waals surface area contributed by atoms with Gasteiger partial charge in [-0.05, 0) is 18.6 Å². The van der Waals surface area contributed by atoms with Gasteiger partial charge in [0.25, 0.3) is 5.92 Å². The predicted molar refractivity (Wildman–Crippen MR) is 114 cm³/mol. The van der Waals surface area contributed by atoms with E-state index in [1.165, 1.54) is 29.4 Å². The van der Waals surface area contributed by atoms with Crippen LogP contribution in [0.3, 0.4) is 0 Å². The van der Waals surface area contributed by atoms with E-state index in [0.717, 1.165) is 0 Å². The van der Waals surface area contributed by atoms with Gasteiger partial charge in [-0.25, -0.2) is 18.7 Å². The third kappa shape index (κ3) is 5.28. The van der Waals surface area contributed by atoms with Crippen molar-refractivity contribution in [1.29, 1.82) is 0 Å². The van der Waals surface area contributed by atoms with Gasteiger partial charge in [-0.15, -0.1) is 0 Å². The first-order valence-corrected chi connectivity index (χ1v) is 11.1. The molecule has 2 atom stereocenters. The van der Waals surface area contributed by atoms with Crippen LogP contribution >= 0.6 is 0 Å². The maximum absolute atomic E-state index is 13.8. The lowest BCUT2D eigenvalue weighted by Crippen LogP contribution is -2.58. The SMILES string of the molecule is N[C@@H](CC(=O)N1CCc2c(nc(-c3ccncc3)nc2C(F)(F)F)C1)CN1C(=O)CCC(F)(F)C1O. The van der Waals surface area contributed by atoms with Crippen LogP contribution in [0.5, 0.6) is 0 Å². The van der Waals surface area contributed by atoms with E-state index in [9.17, 15) is 36.6 Å². The van der Waals surface area contributed by atoms with Crippen LogP contribution in [0.4, 0.5) is 22.0 Å². The fraction of sp³-hybridized carbons (Fsp3) is 0.500. The number of aromatic nitrogens is 3. The minimum Gasteiger partial charge on any atom is -0.368 e. The first-order valence-electron chi connectivity index (χ1n) is 11.1. The molecule has 3 N–H and O–H groups in total. The highest BCUT2D eigenvalue weighted by molar-refractivity contribution is 5.79. The Bertz CT molecular complexity index is 1150. The minimum atomic E-state index is -4.73. The number of carbonyl (C=O) groups excluding carboxylic acids is 2. The number of amides is 2. The van der Waals surface area contributed by atoms with E-state index in [1.807, 2.05) is 0 Å². The lowest BCUT2D eigenvalue weighted by molar-refractivity contribution is -0.205. The van der Waals surface area contributed by atoms with Gasteiger partial charge < -0.3 is 20.6 Å². The summed E-state index contributed by atoms with van der Waals surface area (Å²) in [7, 11) is 0. The number of carbonyl (C=O) groups is 2. The second kappa shape index (κ2) is 9.65. The summed E-state index contributed by atoms with van der Waals surface area (Å²) in [6.45, 7) is -0.755. The second-order valence-corrected chi connectivity index (χ2v) is 8.77. The molecule has 0 radical (unpaired) electrons. The highest BCUT2D eigenvalue weighted by atomic mass is 19.4. The van der Waals surface area contributed by atoms with Crippen molar-refractivity contribution in [1.82, 2.24) is 24.8 Å². The van der Waals surface area contributed by atoms with Gasteiger partial charge in [-0.1, -0.05) is 0 Å². The molecule has 36 heavy (non-hydrogen) atoms. The Hall–Kier alpha value is -3.26. The van der Waals surface area contributed by atoms with Gasteiger partial charge in [0.05, 0.1) is 12.2 Å². The molecular formula is C22H23F5N6O3. The van der Waals surface area contributed by atoms with Crippen LogP contribution in [-0.2, 0) is 28.7 Å². The standard InChI is InChI=1S/C22H23F5N6O3/c23-21(24)5-1-16(34)33(20(21)36)10-13(28)9-17(35)32-8-4-14-15(11-32)30-19(12-2-6-29-7-3-12)31-18(14)22(25,26)27/h2-3,6-7,13,20,36H,1,4-5,8-11,28H2/t13-,20?/m0/s1. The number of hydrogen-bond donors (Lipinski definition) is 2. The van der Waals surface area contributed by atoms with Crippen LogP contribution in [-0.4, -0.2) is 73.0 Å². The number of alkyl halides is 5. The number of likely N-dealkylation sites (tertiary alicyclic amines) is 1. The summed E-state index contributed by atoms with van der Waals surface area (Å²) in [6, 6.07) is 1.86. The largest absolute Gasteiger partial charge is 0.433 e. The Morgan fingerprint density at radius 1 is 1.22 bits per heavy atom. The molecule has 2 aliphatic heterocycles. The average molecular weight is 514 g/mol. The van der Waals surface area contributed by atoms with Gasteiger partial charge in [0, 0.05) is 61.9 Å². The summed E-state index contributed by atoms with van der Waals surface area (Å²) >= 11 is 0. The molecule has 0 aromatic carbocycles. The summed E-state index contributed by atoms with van der Waals surface area (Å²) in [5, 5.41) is 9.81. The first kappa shape index (κ1) is 25.8. The van der Waals surface area contributed by atoms with Crippen molar-refractivity contribution in [2.75, 3.05) is 13.1 Å². The summed E-state index contributed by atoms with van der Waals surface area (Å²) in [5.41, 5.74) is 5.12. The van der Waals surface area contributed by atoms with E-state index in [0.29, 0.717) is 10.5 Å². The highest BCUT2D eigenvalue weighted by Gasteiger charge is 2.48. The van der Waals surface area contributed by atoms with Crippen molar-refractivity contribution in [3.8, 4) is 11.4 Å². The molecule has 2 aliphatic rings. The van der Waals surface area contributed by atoms with Gasteiger partial charge in [0.2, 0.25) is 11.8 Å². The number of fused-ring (bicyclic) bond motifs is 1. The number of hydrogen-bond acceptors (Lipinski definition) is 7. The molecule has 2 aromatic heterocycles. The van der Waals surface area contributed by atoms with Crippen LogP contribution in [0.25, 0.3) is 11.4 Å². The summed E-state index contributed by atoms with van der Waals surface area (Å²) in [4.78, 5) is 38.5. The second-order valence-electron chi connectivity index (χ2n) is 8.77. The number of aliphatic hydroxyl groups excluding tert-OH is 1. The van der Waals surface area contributed by atoms with Gasteiger partial charge >= 0.3 is 6.18 Å². The predicted octanol–water partition coefficient (Wildman–Crippen LogP) is 1.74. The quantitative estimate of drug-likeness (QED) is 0.583. The van der Waals surface area contributed by atoms with Crippen LogP contribution < -0.4 is 5.73 Å². The van der Waals surface area contributed by atoms with Gasteiger partial charge in [0.15, 0.2) is 17.7 Å². The van der Waals surface area contributed by atoms with E-state index in [4.69, 9.17) is 5.73 Å². The average Bonchev–Trinajstić information content (AvgIpc) is 2.83. The topological polar surface area (TPSA) is 126 Å². The molecule has 4 heterocycles. The minimum absolute atomic E-state index is 0.0404. The molecule has 4 rings (SSSR count). The number of nitrogens with two attached hydrogens (primary N) is 1. The van der Waals surface area contributed by atoms with E-state index in [2.05, 4.69) is 15.0 Å². The summed E-state index contributed by atoms with van der Waals surface area (Å²) in [5.74, 6) is -4.90. The molecule has 0 spiro atoms. The van der Waals surface area contributed by atoms with Crippen molar-refractivity contribution in [2.45, 2.75) is 56.6 Å². The number of rotatable bonds is 5. The highest BCUT2D eigenvalue weighted by Crippen LogP contribution is 2.35. The Kier molecular flexibility index (Phi) is 6.92. The number of halogens is 5. The maximum atomic E-state index is 13.8. The molecule has 194 valence electrons. The van der Waals surface area contributed by atoms with Crippen molar-refractivity contribution in [2.24, 2.45) is 5.73 Å². The normalized spacial score (nSPS) is 20.8. The zero-order chi connectivity index (χ0) is 26.3. The van der Waals surface area contributed by atoms with Crippen LogP contribution in [0.2, 0.25) is 0 Å². The zero-order valence-corrected chi connectivity index (χ0v) is 18.9. The van der Waals surface area contributed by atoms with Crippen LogP contribution in [0, 0.1) is 0 Å². The third-order valence-corrected chi connectivity index (χ3v) is 6.16. The van der Waals surface area contributed by atoms with Gasteiger partial charge in [-0.3, -0.25) is 14.6 Å². The number of aliphatic hydroxyl groups is 1. The Balaban J connectivity index is 1.50. The molecule has 14 heteroatoms. The molecule has 2 amide bonds. The van der Waals surface area contributed by atoms with Crippen molar-refractivity contribution < 1.29 is 36.6 Å². The van der Waals surface area contributed by atoms with Gasteiger partial charge in [-0.2, -0.15) is 13.2 Å². The van der Waals surface area contributed by atoms with E-state index < -0.39 is 61.3 Å². The van der Waals surface area contributed by atoms with Crippen molar-refractivity contribution >= 4 is 11.8 Å². The Morgan fingerprint density at radius 2 is 1.92 bits per heavy atom. The Labute approximate surface area is 202 Å². The fourth-order valence-electron chi connectivity index (χ4n) is 4.29. The van der Waals surface area contributed by atoms with E-state index >= 15 is 0 Å². The molecule has 2 aromatic rings. The number of nitrogens with zero attached hydrogens (tertiary/aromatic N) is 5. The van der Waals surface area contributed by atoms with Gasteiger partial charge in [0.1, 0.15) is 0 Å². The molecule has 1 fully saturated rings. The molecule has 1 unspecified atom stereocenters. The Morgan fingerprint density at radius 3 is 2.58 bits per heavy atom. The molecule has 9 nitrogen and oxygen atoms in total. The monoisotopic (exact) mass is 514 g/mol. The smallest absolute Gasteiger partial charge is 0.368 e.